The lowest BCUT2D eigenvalue weighted by atomic mass is 9.82. The summed E-state index contributed by atoms with van der Waals surface area (Å²) >= 11 is 0. The molecule has 96 valence electrons. The van der Waals surface area contributed by atoms with Crippen molar-refractivity contribution in [2.45, 2.75) is 32.9 Å². The van der Waals surface area contributed by atoms with Gasteiger partial charge in [0.2, 0.25) is 0 Å². The van der Waals surface area contributed by atoms with Crippen LogP contribution in [0.4, 0.5) is 0 Å². The van der Waals surface area contributed by atoms with Crippen molar-refractivity contribution in [3.8, 4) is 0 Å². The molecule has 0 aromatic carbocycles. The summed E-state index contributed by atoms with van der Waals surface area (Å²) in [6, 6.07) is 3.93. The van der Waals surface area contributed by atoms with Gasteiger partial charge in [0.25, 0.3) is 0 Å². The number of ether oxygens (including phenoxy) is 1. The van der Waals surface area contributed by atoms with Crippen LogP contribution in [0.5, 0.6) is 0 Å². The summed E-state index contributed by atoms with van der Waals surface area (Å²) in [5.74, 6) is 1.81. The van der Waals surface area contributed by atoms with Gasteiger partial charge in [-0.05, 0) is 30.4 Å². The Hall–Kier alpha value is -0.840. The maximum atomic E-state index is 5.54. The molecule has 1 saturated heterocycles. The second-order valence-electron chi connectivity index (χ2n) is 5.10. The highest BCUT2D eigenvalue weighted by Gasteiger charge is 2.26. The topological polar surface area (TPSA) is 60.4 Å². The van der Waals surface area contributed by atoms with E-state index in [1.54, 1.807) is 0 Å². The van der Waals surface area contributed by atoms with Gasteiger partial charge in [-0.2, -0.15) is 0 Å². The van der Waals surface area contributed by atoms with Gasteiger partial charge >= 0.3 is 0 Å². The first-order valence-electron chi connectivity index (χ1n) is 6.28. The van der Waals surface area contributed by atoms with E-state index in [1.807, 2.05) is 12.1 Å². The van der Waals surface area contributed by atoms with Gasteiger partial charge in [-0.15, -0.1) is 0 Å². The third kappa shape index (κ3) is 3.56. The molecule has 0 spiro atoms. The monoisotopic (exact) mass is 238 g/mol. The van der Waals surface area contributed by atoms with Crippen LogP contribution >= 0.6 is 0 Å². The largest absolute Gasteiger partial charge is 0.463 e. The smallest absolute Gasteiger partial charge is 0.118 e. The molecule has 2 heterocycles. The van der Waals surface area contributed by atoms with Gasteiger partial charge in [0.1, 0.15) is 11.5 Å². The van der Waals surface area contributed by atoms with Crippen LogP contribution < -0.4 is 11.1 Å². The number of nitrogens with two attached hydrogens (primary N) is 1. The Bertz CT molecular complexity index is 343. The third-order valence-corrected chi connectivity index (χ3v) is 3.47. The van der Waals surface area contributed by atoms with E-state index < -0.39 is 0 Å². The predicted octanol–water partition coefficient (Wildman–Crippen LogP) is 1.64. The number of furan rings is 1. The van der Waals surface area contributed by atoms with Gasteiger partial charge in [-0.1, -0.05) is 6.92 Å². The van der Waals surface area contributed by atoms with E-state index in [2.05, 4.69) is 12.2 Å². The zero-order valence-corrected chi connectivity index (χ0v) is 10.5. The number of hydrogen-bond acceptors (Lipinski definition) is 4. The van der Waals surface area contributed by atoms with Crippen LogP contribution in [0.3, 0.4) is 0 Å². The quantitative estimate of drug-likeness (QED) is 0.818. The van der Waals surface area contributed by atoms with Crippen molar-refractivity contribution < 1.29 is 9.15 Å². The Morgan fingerprint density at radius 3 is 2.65 bits per heavy atom. The fraction of sp³-hybridized carbons (Fsp3) is 0.692. The van der Waals surface area contributed by atoms with Gasteiger partial charge in [0.15, 0.2) is 0 Å². The second kappa shape index (κ2) is 5.67. The Labute approximate surface area is 103 Å². The maximum Gasteiger partial charge on any atom is 0.118 e. The van der Waals surface area contributed by atoms with Crippen molar-refractivity contribution in [3.63, 3.8) is 0 Å². The van der Waals surface area contributed by atoms with Crippen LogP contribution in [0.2, 0.25) is 0 Å². The predicted molar refractivity (Wildman–Crippen MR) is 66.5 cm³/mol. The molecule has 1 fully saturated rings. The van der Waals surface area contributed by atoms with Crippen molar-refractivity contribution in [1.29, 1.82) is 0 Å². The van der Waals surface area contributed by atoms with Gasteiger partial charge in [0.05, 0.1) is 13.1 Å². The molecule has 2 rings (SSSR count). The van der Waals surface area contributed by atoms with E-state index in [0.29, 0.717) is 12.0 Å². The first-order valence-corrected chi connectivity index (χ1v) is 6.28. The summed E-state index contributed by atoms with van der Waals surface area (Å²) in [5, 5.41) is 3.46. The van der Waals surface area contributed by atoms with Gasteiger partial charge in [-0.25, -0.2) is 0 Å². The van der Waals surface area contributed by atoms with Crippen molar-refractivity contribution in [1.82, 2.24) is 5.32 Å². The molecule has 1 aliphatic rings. The fourth-order valence-electron chi connectivity index (χ4n) is 2.16. The minimum atomic E-state index is 0.363. The summed E-state index contributed by atoms with van der Waals surface area (Å²) in [6.07, 6.45) is 2.26. The Morgan fingerprint density at radius 2 is 2.00 bits per heavy atom. The highest BCUT2D eigenvalue weighted by molar-refractivity contribution is 5.06. The molecule has 0 bridgehead atoms. The van der Waals surface area contributed by atoms with Crippen LogP contribution in [0.15, 0.2) is 16.5 Å². The summed E-state index contributed by atoms with van der Waals surface area (Å²) in [4.78, 5) is 0. The van der Waals surface area contributed by atoms with Gasteiger partial charge in [0, 0.05) is 19.8 Å². The van der Waals surface area contributed by atoms with E-state index in [-0.39, 0.29) is 0 Å². The molecule has 0 saturated carbocycles. The minimum Gasteiger partial charge on any atom is -0.463 e. The Kier molecular flexibility index (Phi) is 4.20. The normalized spacial score (nSPS) is 19.4. The molecule has 17 heavy (non-hydrogen) atoms. The van der Waals surface area contributed by atoms with E-state index in [4.69, 9.17) is 14.9 Å². The van der Waals surface area contributed by atoms with E-state index >= 15 is 0 Å². The number of nitrogens with one attached hydrogen (secondary N) is 1. The Balaban J connectivity index is 1.74. The van der Waals surface area contributed by atoms with Crippen LogP contribution in [0, 0.1) is 5.41 Å². The first kappa shape index (κ1) is 12.6. The van der Waals surface area contributed by atoms with Crippen LogP contribution in [0.25, 0.3) is 0 Å². The lowest BCUT2D eigenvalue weighted by Gasteiger charge is -2.33. The van der Waals surface area contributed by atoms with Crippen molar-refractivity contribution in [3.05, 3.63) is 23.7 Å². The van der Waals surface area contributed by atoms with Crippen molar-refractivity contribution >= 4 is 0 Å². The minimum absolute atomic E-state index is 0.363. The summed E-state index contributed by atoms with van der Waals surface area (Å²) in [7, 11) is 0. The Morgan fingerprint density at radius 1 is 1.29 bits per heavy atom. The molecule has 4 nitrogen and oxygen atoms in total. The van der Waals surface area contributed by atoms with Crippen LogP contribution in [-0.2, 0) is 17.8 Å². The molecular formula is C13H22N2O2. The lowest BCUT2D eigenvalue weighted by molar-refractivity contribution is 0.0238. The highest BCUT2D eigenvalue weighted by Crippen LogP contribution is 2.28. The molecule has 0 unspecified atom stereocenters. The lowest BCUT2D eigenvalue weighted by Crippen LogP contribution is -2.36. The maximum absolute atomic E-state index is 5.54. The highest BCUT2D eigenvalue weighted by atomic mass is 16.5. The van der Waals surface area contributed by atoms with Crippen molar-refractivity contribution in [2.75, 3.05) is 19.8 Å². The van der Waals surface area contributed by atoms with Gasteiger partial charge < -0.3 is 20.2 Å². The SMILES string of the molecule is CC1(CNCc2ccc(CN)o2)CCOCC1. The van der Waals surface area contributed by atoms with Crippen molar-refractivity contribution in [2.24, 2.45) is 11.1 Å². The molecule has 1 aromatic heterocycles. The van der Waals surface area contributed by atoms with E-state index in [0.717, 1.165) is 50.7 Å². The van der Waals surface area contributed by atoms with E-state index in [1.165, 1.54) is 0 Å². The third-order valence-electron chi connectivity index (χ3n) is 3.47. The standard InChI is InChI=1S/C13H22N2O2/c1-13(4-6-16-7-5-13)10-15-9-12-3-2-11(8-14)17-12/h2-3,15H,4-10,14H2,1H3. The summed E-state index contributed by atoms with van der Waals surface area (Å²) < 4.78 is 10.9. The molecule has 1 aromatic rings. The first-order chi connectivity index (χ1) is 8.22. The van der Waals surface area contributed by atoms with Crippen LogP contribution in [-0.4, -0.2) is 19.8 Å². The zero-order valence-electron chi connectivity index (χ0n) is 10.5. The second-order valence-corrected chi connectivity index (χ2v) is 5.10. The van der Waals surface area contributed by atoms with E-state index in [9.17, 15) is 0 Å². The molecule has 3 N–H and O–H groups in total. The van der Waals surface area contributed by atoms with Crippen LogP contribution in [0.1, 0.15) is 31.3 Å². The molecule has 0 radical (unpaired) electrons. The molecular weight excluding hydrogens is 216 g/mol. The number of hydrogen-bond donors (Lipinski definition) is 2. The molecule has 4 heteroatoms. The average molecular weight is 238 g/mol. The molecule has 0 aliphatic carbocycles. The summed E-state index contributed by atoms with van der Waals surface area (Å²) in [6.45, 7) is 6.34. The average Bonchev–Trinajstić information content (AvgIpc) is 2.78. The zero-order chi connectivity index (χ0) is 12.1. The number of rotatable bonds is 5. The molecule has 1 aliphatic heterocycles. The summed E-state index contributed by atoms with van der Waals surface area (Å²) in [5.41, 5.74) is 5.86. The fourth-order valence-corrected chi connectivity index (χ4v) is 2.16. The van der Waals surface area contributed by atoms with Gasteiger partial charge in [-0.3, -0.25) is 0 Å². The molecule has 0 amide bonds. The molecule has 0 atom stereocenters.